The number of fused-ring (bicyclic) bond motifs is 1. The van der Waals surface area contributed by atoms with Crippen molar-refractivity contribution in [2.45, 2.75) is 18.7 Å². The van der Waals surface area contributed by atoms with E-state index >= 15 is 0 Å². The minimum atomic E-state index is -4.82. The van der Waals surface area contributed by atoms with Gasteiger partial charge >= 0.3 is 11.7 Å². The number of esters is 1. The lowest BCUT2D eigenvalue weighted by Gasteiger charge is -2.13. The highest BCUT2D eigenvalue weighted by Gasteiger charge is 2.31. The van der Waals surface area contributed by atoms with Crippen molar-refractivity contribution >= 4 is 32.3 Å². The van der Waals surface area contributed by atoms with Gasteiger partial charge in [-0.3, -0.25) is 4.72 Å². The van der Waals surface area contributed by atoms with Crippen molar-refractivity contribution in [2.75, 3.05) is 18.4 Å². The second kappa shape index (κ2) is 5.62. The van der Waals surface area contributed by atoms with Gasteiger partial charge in [-0.25, -0.2) is 13.2 Å². The van der Waals surface area contributed by atoms with E-state index in [4.69, 9.17) is 0 Å². The van der Waals surface area contributed by atoms with Crippen LogP contribution in [0, 0.1) is 0 Å². The Kier molecular flexibility index (Phi) is 4.25. The van der Waals surface area contributed by atoms with E-state index in [0.29, 0.717) is 25.1 Å². The molecule has 1 aromatic rings. The summed E-state index contributed by atoms with van der Waals surface area (Å²) in [7, 11) is -3.66. The summed E-state index contributed by atoms with van der Waals surface area (Å²) in [6, 6.07) is 0. The van der Waals surface area contributed by atoms with Crippen LogP contribution in [0.1, 0.15) is 20.8 Å². The molecule has 1 aliphatic heterocycles. The van der Waals surface area contributed by atoms with Crippen LogP contribution >= 0.6 is 11.3 Å². The summed E-state index contributed by atoms with van der Waals surface area (Å²) in [4.78, 5) is 12.5. The number of carbonyl (C=O) groups excluding carboxylic acids is 1. The highest BCUT2D eigenvalue weighted by molar-refractivity contribution is 7.93. The second-order valence-corrected chi connectivity index (χ2v) is 6.79. The Morgan fingerprint density at radius 1 is 1.50 bits per heavy atom. The molecule has 2 rings (SSSR count). The Morgan fingerprint density at radius 2 is 2.20 bits per heavy atom. The van der Waals surface area contributed by atoms with Crippen molar-refractivity contribution in [1.29, 1.82) is 0 Å². The number of sulfonamides is 1. The minimum Gasteiger partial charge on any atom is -0.465 e. The maximum absolute atomic E-state index is 12.4. The Bertz CT molecular complexity index is 627. The van der Waals surface area contributed by atoms with Gasteiger partial charge in [-0.2, -0.15) is 8.78 Å². The number of hydrogen-bond acceptors (Lipinski definition) is 6. The molecular formula is C10H12F2N2O4S2. The number of nitrogens with one attached hydrogen (secondary N) is 2. The molecule has 0 amide bonds. The summed E-state index contributed by atoms with van der Waals surface area (Å²) >= 11 is 0.963. The summed E-state index contributed by atoms with van der Waals surface area (Å²) in [5.41, 5.74) is 0.672. The summed E-state index contributed by atoms with van der Waals surface area (Å²) in [5.74, 6) is -4.30. The molecule has 0 aromatic carbocycles. The summed E-state index contributed by atoms with van der Waals surface area (Å²) in [6.45, 7) is 1.08. The van der Waals surface area contributed by atoms with Crippen molar-refractivity contribution in [2.24, 2.45) is 0 Å². The van der Waals surface area contributed by atoms with Gasteiger partial charge < -0.3 is 10.1 Å². The molecule has 0 unspecified atom stereocenters. The van der Waals surface area contributed by atoms with Crippen molar-refractivity contribution < 1.29 is 26.7 Å². The number of methoxy groups -OCH3 is 1. The minimum absolute atomic E-state index is 0.0261. The number of carbonyl (C=O) groups is 1. The number of halogens is 2. The average molecular weight is 326 g/mol. The van der Waals surface area contributed by atoms with Gasteiger partial charge in [-0.15, -0.1) is 11.3 Å². The number of thiophene rings is 1. The molecule has 0 radical (unpaired) electrons. The molecule has 0 aliphatic carbocycles. The maximum Gasteiger partial charge on any atom is 0.355 e. The van der Waals surface area contributed by atoms with Gasteiger partial charge in [0, 0.05) is 11.4 Å². The van der Waals surface area contributed by atoms with E-state index in [1.807, 2.05) is 0 Å². The smallest absolute Gasteiger partial charge is 0.355 e. The zero-order chi connectivity index (χ0) is 14.9. The molecule has 0 saturated carbocycles. The lowest BCUT2D eigenvalue weighted by Crippen LogP contribution is -2.24. The van der Waals surface area contributed by atoms with Crippen molar-refractivity contribution in [1.82, 2.24) is 5.32 Å². The monoisotopic (exact) mass is 326 g/mol. The molecule has 0 spiro atoms. The maximum atomic E-state index is 12.4. The molecule has 6 nitrogen and oxygen atoms in total. The molecule has 2 N–H and O–H groups in total. The molecule has 1 aliphatic rings. The van der Waals surface area contributed by atoms with Gasteiger partial charge in [0.1, 0.15) is 5.00 Å². The molecule has 0 saturated heterocycles. The summed E-state index contributed by atoms with van der Waals surface area (Å²) in [5, 5.41) is 2.94. The van der Waals surface area contributed by atoms with Crippen LogP contribution in [-0.2, 0) is 27.7 Å². The van der Waals surface area contributed by atoms with Crippen LogP contribution in [0.5, 0.6) is 0 Å². The Morgan fingerprint density at radius 3 is 2.80 bits per heavy atom. The van der Waals surface area contributed by atoms with E-state index in [9.17, 15) is 22.0 Å². The summed E-state index contributed by atoms with van der Waals surface area (Å²) < 4.78 is 53.7. The summed E-state index contributed by atoms with van der Waals surface area (Å²) in [6.07, 6.45) is 0.507. The number of alkyl halides is 2. The molecule has 1 aromatic heterocycles. The van der Waals surface area contributed by atoms with E-state index in [1.165, 1.54) is 0 Å². The van der Waals surface area contributed by atoms with Gasteiger partial charge in [0.15, 0.2) is 0 Å². The lowest BCUT2D eigenvalue weighted by atomic mass is 10.0. The van der Waals surface area contributed by atoms with E-state index in [-0.39, 0.29) is 10.6 Å². The van der Waals surface area contributed by atoms with E-state index in [2.05, 4.69) is 10.1 Å². The Balaban J connectivity index is 2.47. The van der Waals surface area contributed by atoms with Crippen LogP contribution in [0.2, 0.25) is 0 Å². The van der Waals surface area contributed by atoms with E-state index in [0.717, 1.165) is 23.3 Å². The molecule has 10 heteroatoms. The first-order chi connectivity index (χ1) is 9.36. The van der Waals surface area contributed by atoms with E-state index < -0.39 is 21.8 Å². The van der Waals surface area contributed by atoms with Crippen LogP contribution < -0.4 is 10.0 Å². The molecule has 0 atom stereocenters. The molecule has 0 bridgehead atoms. The quantitative estimate of drug-likeness (QED) is 0.811. The fraction of sp³-hybridized carbons (Fsp3) is 0.500. The van der Waals surface area contributed by atoms with Crippen LogP contribution in [0.25, 0.3) is 0 Å². The number of rotatable bonds is 4. The molecular weight excluding hydrogens is 314 g/mol. The second-order valence-electron chi connectivity index (χ2n) is 4.03. The molecule has 2 heterocycles. The first kappa shape index (κ1) is 15.1. The van der Waals surface area contributed by atoms with Crippen LogP contribution in [0.3, 0.4) is 0 Å². The molecule has 112 valence electrons. The average Bonchev–Trinajstić information content (AvgIpc) is 2.74. The van der Waals surface area contributed by atoms with Gasteiger partial charge in [0.2, 0.25) is 0 Å². The Hall–Kier alpha value is -1.26. The van der Waals surface area contributed by atoms with Gasteiger partial charge in [-0.05, 0) is 18.5 Å². The fourth-order valence-corrected chi connectivity index (χ4v) is 3.92. The van der Waals surface area contributed by atoms with Gasteiger partial charge in [0.05, 0.1) is 12.7 Å². The van der Waals surface area contributed by atoms with Crippen LogP contribution in [0.15, 0.2) is 0 Å². The van der Waals surface area contributed by atoms with Crippen LogP contribution in [-0.4, -0.2) is 33.8 Å². The zero-order valence-electron chi connectivity index (χ0n) is 10.4. The predicted molar refractivity (Wildman–Crippen MR) is 69.6 cm³/mol. The first-order valence-corrected chi connectivity index (χ1v) is 7.96. The third kappa shape index (κ3) is 2.76. The molecule has 20 heavy (non-hydrogen) atoms. The lowest BCUT2D eigenvalue weighted by molar-refractivity contribution is 0.0601. The number of ether oxygens (including phenoxy) is 1. The SMILES string of the molecule is COC(=O)c1c(NS(=O)(=O)C(F)F)sc2c1CCNC2. The highest BCUT2D eigenvalue weighted by atomic mass is 32.2. The highest BCUT2D eigenvalue weighted by Crippen LogP contribution is 2.36. The standard InChI is InChI=1S/C10H12F2N2O4S2/c1-18-9(15)7-5-2-3-13-4-6(5)19-8(7)14-20(16,17)10(11)12/h10,13-14H,2-4H2,1H3. The number of anilines is 1. The first-order valence-electron chi connectivity index (χ1n) is 5.60. The predicted octanol–water partition coefficient (Wildman–Crippen LogP) is 1.14. The third-order valence-corrected chi connectivity index (χ3v) is 5.02. The fourth-order valence-electron chi connectivity index (χ4n) is 1.90. The van der Waals surface area contributed by atoms with Gasteiger partial charge in [0.25, 0.3) is 10.0 Å². The normalized spacial score (nSPS) is 15.0. The van der Waals surface area contributed by atoms with Crippen molar-refractivity contribution in [3.05, 3.63) is 16.0 Å². The zero-order valence-corrected chi connectivity index (χ0v) is 12.0. The number of hydrogen-bond donors (Lipinski definition) is 2. The van der Waals surface area contributed by atoms with Gasteiger partial charge in [-0.1, -0.05) is 0 Å². The van der Waals surface area contributed by atoms with Crippen LogP contribution in [0.4, 0.5) is 13.8 Å². The topological polar surface area (TPSA) is 84.5 Å². The third-order valence-electron chi connectivity index (χ3n) is 2.79. The largest absolute Gasteiger partial charge is 0.465 e. The Labute approximate surface area is 118 Å². The van der Waals surface area contributed by atoms with E-state index in [1.54, 1.807) is 4.72 Å². The van der Waals surface area contributed by atoms with Crippen molar-refractivity contribution in [3.8, 4) is 0 Å². The molecule has 0 fully saturated rings. The van der Waals surface area contributed by atoms with Crippen molar-refractivity contribution in [3.63, 3.8) is 0 Å².